The Kier molecular flexibility index (Phi) is 7.65. The van der Waals surface area contributed by atoms with Crippen molar-refractivity contribution in [1.82, 2.24) is 30.2 Å². The predicted octanol–water partition coefficient (Wildman–Crippen LogP) is 3.42. The number of benzene rings is 1. The third-order valence-corrected chi connectivity index (χ3v) is 5.76. The highest BCUT2D eigenvalue weighted by Crippen LogP contribution is 2.23. The predicted molar refractivity (Wildman–Crippen MR) is 139 cm³/mol. The second-order valence-electron chi connectivity index (χ2n) is 8.62. The van der Waals surface area contributed by atoms with Crippen LogP contribution in [0.5, 0.6) is 0 Å². The van der Waals surface area contributed by atoms with E-state index in [9.17, 15) is 9.18 Å². The second-order valence-corrected chi connectivity index (χ2v) is 8.62. The van der Waals surface area contributed by atoms with Crippen LogP contribution in [-0.4, -0.2) is 70.7 Å². The van der Waals surface area contributed by atoms with Crippen molar-refractivity contribution >= 4 is 28.5 Å². The molecule has 3 N–H and O–H groups in total. The topological polar surface area (TPSA) is 111 Å². The average molecular weight is 489 g/mol. The second kappa shape index (κ2) is 11.0. The van der Waals surface area contributed by atoms with E-state index < -0.39 is 0 Å². The molecule has 10 heteroatoms. The molecule has 0 saturated carbocycles. The Morgan fingerprint density at radius 2 is 1.97 bits per heavy atom. The van der Waals surface area contributed by atoms with Gasteiger partial charge in [-0.1, -0.05) is 0 Å². The number of fused-ring (bicyclic) bond motifs is 1. The van der Waals surface area contributed by atoms with E-state index in [-0.39, 0.29) is 17.8 Å². The van der Waals surface area contributed by atoms with E-state index in [0.717, 1.165) is 12.1 Å². The molecule has 0 bridgehead atoms. The summed E-state index contributed by atoms with van der Waals surface area (Å²) >= 11 is 0. The molecule has 1 atom stereocenters. The molecule has 1 amide bonds. The summed E-state index contributed by atoms with van der Waals surface area (Å²) in [5.41, 5.74) is 4.54. The van der Waals surface area contributed by atoms with Crippen LogP contribution in [-0.2, 0) is 0 Å². The summed E-state index contributed by atoms with van der Waals surface area (Å²) in [5, 5.41) is 6.28. The maximum atomic E-state index is 14.1. The van der Waals surface area contributed by atoms with Crippen LogP contribution in [0, 0.1) is 5.82 Å². The number of hydrogen-bond acceptors (Lipinski definition) is 7. The highest BCUT2D eigenvalue weighted by atomic mass is 19.1. The van der Waals surface area contributed by atoms with Gasteiger partial charge in [-0.2, -0.15) is 0 Å². The zero-order chi connectivity index (χ0) is 25.7. The third-order valence-electron chi connectivity index (χ3n) is 5.76. The van der Waals surface area contributed by atoms with Crippen molar-refractivity contribution in [1.29, 1.82) is 0 Å². The number of likely N-dealkylation sites (N-methyl/N-ethyl adjacent to an activating group) is 1. The van der Waals surface area contributed by atoms with Gasteiger partial charge in [0.15, 0.2) is 5.65 Å². The molecule has 0 radical (unpaired) electrons. The Labute approximate surface area is 208 Å². The van der Waals surface area contributed by atoms with Gasteiger partial charge in [0.25, 0.3) is 5.91 Å². The number of hydrogen-bond donors (Lipinski definition) is 3. The summed E-state index contributed by atoms with van der Waals surface area (Å²) in [6.07, 6.45) is 6.56. The standard InChI is InChI=1S/C26H29FN8O/c1-16(17-7-9-29-10-8-17)33-26(36)20-14-31-25-24(20)34-22(15-32-25)23(28-2)19-6-5-18(27)13-21(19)30-11-12-35(3)4/h5-10,13-16,30H,11-12H2,1-4H3,(H,31,32)(H,33,36). The first-order chi connectivity index (χ1) is 17.4. The number of aliphatic imine (C=N–C) groups is 1. The number of amides is 1. The summed E-state index contributed by atoms with van der Waals surface area (Å²) < 4.78 is 14.1. The minimum absolute atomic E-state index is 0.218. The highest BCUT2D eigenvalue weighted by Gasteiger charge is 2.20. The number of nitrogens with zero attached hydrogens (tertiary/aromatic N) is 5. The van der Waals surface area contributed by atoms with E-state index in [2.05, 4.69) is 30.6 Å². The van der Waals surface area contributed by atoms with E-state index in [1.165, 1.54) is 12.1 Å². The zero-order valence-corrected chi connectivity index (χ0v) is 20.7. The Balaban J connectivity index is 1.64. The van der Waals surface area contributed by atoms with Gasteiger partial charge >= 0.3 is 0 Å². The Morgan fingerprint density at radius 1 is 1.19 bits per heavy atom. The number of carbonyl (C=O) groups is 1. The number of rotatable bonds is 9. The van der Waals surface area contributed by atoms with Crippen LogP contribution in [0.25, 0.3) is 11.2 Å². The van der Waals surface area contributed by atoms with E-state index in [1.807, 2.05) is 38.1 Å². The fraction of sp³-hybridized carbons (Fsp3) is 0.269. The van der Waals surface area contributed by atoms with Crippen LogP contribution in [0.1, 0.15) is 40.1 Å². The molecule has 4 aromatic rings. The van der Waals surface area contributed by atoms with Crippen LogP contribution in [0.4, 0.5) is 10.1 Å². The summed E-state index contributed by atoms with van der Waals surface area (Å²) in [7, 11) is 5.59. The number of pyridine rings is 1. The number of aromatic amines is 1. The molecule has 0 spiro atoms. The van der Waals surface area contributed by atoms with Gasteiger partial charge < -0.3 is 20.5 Å². The molecule has 36 heavy (non-hydrogen) atoms. The van der Waals surface area contributed by atoms with Gasteiger partial charge in [-0.15, -0.1) is 0 Å². The zero-order valence-electron chi connectivity index (χ0n) is 20.7. The smallest absolute Gasteiger partial charge is 0.255 e. The van der Waals surface area contributed by atoms with Crippen molar-refractivity contribution in [2.24, 2.45) is 4.99 Å². The van der Waals surface area contributed by atoms with E-state index in [4.69, 9.17) is 4.98 Å². The number of carbonyl (C=O) groups excluding carboxylic acids is 1. The number of aromatic nitrogens is 4. The maximum absolute atomic E-state index is 14.1. The molecule has 0 aliphatic carbocycles. The highest BCUT2D eigenvalue weighted by molar-refractivity contribution is 6.15. The average Bonchev–Trinajstić information content (AvgIpc) is 3.29. The van der Waals surface area contributed by atoms with Gasteiger partial charge in [0, 0.05) is 50.0 Å². The summed E-state index contributed by atoms with van der Waals surface area (Å²) in [6.45, 7) is 3.31. The van der Waals surface area contributed by atoms with Crippen LogP contribution in [0.2, 0.25) is 0 Å². The molecule has 1 aromatic carbocycles. The van der Waals surface area contributed by atoms with Crippen molar-refractivity contribution < 1.29 is 9.18 Å². The lowest BCUT2D eigenvalue weighted by molar-refractivity contribution is 0.0941. The van der Waals surface area contributed by atoms with Crippen molar-refractivity contribution in [3.05, 3.63) is 83.3 Å². The molecular formula is C26H29FN8O. The Morgan fingerprint density at radius 3 is 2.69 bits per heavy atom. The van der Waals surface area contributed by atoms with E-state index in [0.29, 0.717) is 45.9 Å². The van der Waals surface area contributed by atoms with Crippen molar-refractivity contribution in [3.63, 3.8) is 0 Å². The Hall–Kier alpha value is -4.18. The Bertz CT molecular complexity index is 1380. The number of anilines is 1. The molecule has 3 heterocycles. The molecule has 0 aliphatic heterocycles. The molecule has 186 valence electrons. The lowest BCUT2D eigenvalue weighted by atomic mass is 10.0. The van der Waals surface area contributed by atoms with Crippen LogP contribution < -0.4 is 10.6 Å². The van der Waals surface area contributed by atoms with Gasteiger partial charge in [0.1, 0.15) is 17.0 Å². The molecular weight excluding hydrogens is 459 g/mol. The number of halogens is 1. The summed E-state index contributed by atoms with van der Waals surface area (Å²) in [4.78, 5) is 35.8. The van der Waals surface area contributed by atoms with Crippen LogP contribution in [0.15, 0.2) is 60.1 Å². The lowest BCUT2D eigenvalue weighted by Gasteiger charge is -2.16. The molecule has 0 saturated heterocycles. The SMILES string of the molecule is CN=C(c1cnc2[nH]cc(C(=O)NC(C)c3ccncc3)c2n1)c1ccc(F)cc1NCCN(C)C. The first-order valence-corrected chi connectivity index (χ1v) is 11.6. The van der Waals surface area contributed by atoms with Crippen LogP contribution >= 0.6 is 0 Å². The van der Waals surface area contributed by atoms with E-state index in [1.54, 1.807) is 37.9 Å². The first kappa shape index (κ1) is 24.9. The maximum Gasteiger partial charge on any atom is 0.255 e. The first-order valence-electron chi connectivity index (χ1n) is 11.6. The molecule has 0 fully saturated rings. The van der Waals surface area contributed by atoms with Gasteiger partial charge in [0.2, 0.25) is 0 Å². The van der Waals surface area contributed by atoms with E-state index >= 15 is 0 Å². The largest absolute Gasteiger partial charge is 0.383 e. The number of H-pyrrole nitrogens is 1. The normalized spacial score (nSPS) is 12.7. The lowest BCUT2D eigenvalue weighted by Crippen LogP contribution is -2.26. The fourth-order valence-corrected chi connectivity index (χ4v) is 3.84. The fourth-order valence-electron chi connectivity index (χ4n) is 3.84. The van der Waals surface area contributed by atoms with Crippen molar-refractivity contribution in [3.8, 4) is 0 Å². The monoisotopic (exact) mass is 488 g/mol. The summed E-state index contributed by atoms with van der Waals surface area (Å²) in [6, 6.07) is 7.99. The van der Waals surface area contributed by atoms with Gasteiger partial charge in [-0.05, 0) is 56.9 Å². The summed E-state index contributed by atoms with van der Waals surface area (Å²) in [5.74, 6) is -0.629. The van der Waals surface area contributed by atoms with Crippen molar-refractivity contribution in [2.45, 2.75) is 13.0 Å². The molecule has 1 unspecified atom stereocenters. The molecule has 3 aromatic heterocycles. The number of nitrogens with one attached hydrogen (secondary N) is 3. The minimum atomic E-state index is -0.351. The quantitative estimate of drug-likeness (QED) is 0.311. The van der Waals surface area contributed by atoms with Gasteiger partial charge in [-0.3, -0.25) is 14.8 Å². The molecule has 0 aliphatic rings. The third kappa shape index (κ3) is 5.55. The van der Waals surface area contributed by atoms with Crippen molar-refractivity contribution in [2.75, 3.05) is 39.5 Å². The van der Waals surface area contributed by atoms with Gasteiger partial charge in [0.05, 0.1) is 23.5 Å². The molecule has 9 nitrogen and oxygen atoms in total. The molecule has 4 rings (SSSR count). The minimum Gasteiger partial charge on any atom is -0.383 e. The van der Waals surface area contributed by atoms with Gasteiger partial charge in [-0.25, -0.2) is 14.4 Å². The van der Waals surface area contributed by atoms with Crippen LogP contribution in [0.3, 0.4) is 0 Å².